The maximum atomic E-state index is 5.09. The Hall–Kier alpha value is -6.14. The van der Waals surface area contributed by atoms with Crippen LogP contribution in [0, 0.1) is 0 Å². The molecule has 0 amide bonds. The first kappa shape index (κ1) is 32.3. The van der Waals surface area contributed by atoms with Crippen LogP contribution in [0.15, 0.2) is 197 Å². The summed E-state index contributed by atoms with van der Waals surface area (Å²) in [5, 5.41) is 5.65. The number of hydrogen-bond acceptors (Lipinski definition) is 4. The fourth-order valence-electron chi connectivity index (χ4n) is 8.05. The fraction of sp³-hybridized carbons (Fsp3) is 0.0400. The van der Waals surface area contributed by atoms with Crippen LogP contribution in [0.25, 0.3) is 83.3 Å². The molecule has 0 saturated heterocycles. The molecule has 11 rings (SSSR count). The highest BCUT2D eigenvalue weighted by Gasteiger charge is 2.27. The van der Waals surface area contributed by atoms with Crippen LogP contribution in [-0.2, 0) is 0 Å². The molecule has 0 spiro atoms. The van der Waals surface area contributed by atoms with E-state index in [1.54, 1.807) is 0 Å². The first-order valence-corrected chi connectivity index (χ1v) is 20.4. The Balaban J connectivity index is 1.01. The summed E-state index contributed by atoms with van der Waals surface area (Å²) >= 11 is 3.95. The molecule has 0 radical (unpaired) electrons. The summed E-state index contributed by atoms with van der Waals surface area (Å²) in [6, 6.07) is 58.7. The molecule has 3 heterocycles. The number of hydrogen-bond donors (Lipinski definition) is 0. The van der Waals surface area contributed by atoms with E-state index in [2.05, 4.69) is 174 Å². The van der Waals surface area contributed by atoms with Gasteiger partial charge in [-0.3, -0.25) is 0 Å². The van der Waals surface area contributed by atoms with Gasteiger partial charge in [0.15, 0.2) is 5.82 Å². The molecule has 5 heteroatoms. The van der Waals surface area contributed by atoms with Crippen LogP contribution in [-0.4, -0.2) is 19.8 Å². The van der Waals surface area contributed by atoms with Crippen molar-refractivity contribution in [3.8, 4) is 50.7 Å². The van der Waals surface area contributed by atoms with E-state index in [0.717, 1.165) is 51.3 Å². The molecule has 1 unspecified atom stereocenters. The summed E-state index contributed by atoms with van der Waals surface area (Å²) in [5.74, 6) is 0.711. The third kappa shape index (κ3) is 5.70. The van der Waals surface area contributed by atoms with Crippen LogP contribution in [0.5, 0.6) is 0 Å². The number of thioether (sulfide) groups is 2. The molecule has 260 valence electrons. The number of fused-ring (bicyclic) bond motifs is 7. The van der Waals surface area contributed by atoms with Crippen molar-refractivity contribution >= 4 is 56.1 Å². The van der Waals surface area contributed by atoms with Crippen molar-refractivity contribution in [1.29, 1.82) is 0 Å². The van der Waals surface area contributed by atoms with Gasteiger partial charge in [-0.1, -0.05) is 151 Å². The van der Waals surface area contributed by atoms with Crippen LogP contribution < -0.4 is 0 Å². The highest BCUT2D eigenvalue weighted by atomic mass is 32.2. The zero-order chi connectivity index (χ0) is 36.3. The number of allylic oxidation sites excluding steroid dienone is 3. The van der Waals surface area contributed by atoms with Crippen LogP contribution in [0.4, 0.5) is 0 Å². The second-order valence-corrected chi connectivity index (χ2v) is 16.5. The summed E-state index contributed by atoms with van der Waals surface area (Å²) in [6.45, 7) is 0. The Labute approximate surface area is 328 Å². The van der Waals surface area contributed by atoms with E-state index >= 15 is 0 Å². The van der Waals surface area contributed by atoms with Gasteiger partial charge in [-0.2, -0.15) is 0 Å². The van der Waals surface area contributed by atoms with Crippen molar-refractivity contribution in [3.63, 3.8) is 0 Å². The molecule has 0 fully saturated rings. The van der Waals surface area contributed by atoms with Crippen LogP contribution in [0.3, 0.4) is 0 Å². The Kier molecular flexibility index (Phi) is 7.82. The molecule has 0 saturated carbocycles. The molecule has 9 aromatic rings. The minimum absolute atomic E-state index is 0.491. The SMILES string of the molecule is C1=CCC2Sc3cc4c(cc3SC2=C1)c1c2ccccc2ccc1n4-c1ccc(-c2cccc(-c3nc(-c4ccccc4)cc(-c4ccccc4)n3)c2)cc1. The Morgan fingerprint density at radius 3 is 2.02 bits per heavy atom. The van der Waals surface area contributed by atoms with Gasteiger partial charge in [-0.05, 0) is 70.8 Å². The predicted molar refractivity (Wildman–Crippen MR) is 233 cm³/mol. The molecule has 1 aliphatic carbocycles. The van der Waals surface area contributed by atoms with Crippen LogP contribution in [0.1, 0.15) is 6.42 Å². The van der Waals surface area contributed by atoms with Gasteiger partial charge in [-0.25, -0.2) is 9.97 Å². The Morgan fingerprint density at radius 2 is 1.24 bits per heavy atom. The Morgan fingerprint density at radius 1 is 0.527 bits per heavy atom. The molecule has 0 N–H and O–H groups in total. The number of nitrogens with zero attached hydrogens (tertiary/aromatic N) is 3. The molecule has 1 atom stereocenters. The van der Waals surface area contributed by atoms with Gasteiger partial charge in [0, 0.05) is 53.1 Å². The maximum absolute atomic E-state index is 5.09. The van der Waals surface area contributed by atoms with Crippen LogP contribution >= 0.6 is 23.5 Å². The third-order valence-corrected chi connectivity index (χ3v) is 13.5. The molecule has 55 heavy (non-hydrogen) atoms. The molecule has 2 aliphatic rings. The summed E-state index contributed by atoms with van der Waals surface area (Å²) in [4.78, 5) is 14.4. The number of aromatic nitrogens is 3. The summed E-state index contributed by atoms with van der Waals surface area (Å²) < 4.78 is 2.46. The molecule has 3 nitrogen and oxygen atoms in total. The van der Waals surface area contributed by atoms with Gasteiger partial charge in [0.05, 0.1) is 22.4 Å². The average Bonchev–Trinajstić information content (AvgIpc) is 3.58. The lowest BCUT2D eigenvalue weighted by Gasteiger charge is -2.27. The third-order valence-electron chi connectivity index (χ3n) is 10.7. The van der Waals surface area contributed by atoms with E-state index in [0.29, 0.717) is 11.1 Å². The van der Waals surface area contributed by atoms with Crippen molar-refractivity contribution in [2.75, 3.05) is 0 Å². The second-order valence-electron chi connectivity index (χ2n) is 14.1. The highest BCUT2D eigenvalue weighted by Crippen LogP contribution is 2.52. The quantitative estimate of drug-likeness (QED) is 0.176. The van der Waals surface area contributed by atoms with Crippen molar-refractivity contribution in [3.05, 3.63) is 187 Å². The lowest BCUT2D eigenvalue weighted by atomic mass is 10.0. The van der Waals surface area contributed by atoms with Crippen molar-refractivity contribution in [2.45, 2.75) is 21.5 Å². The summed E-state index contributed by atoms with van der Waals surface area (Å²) in [5.41, 5.74) is 10.8. The average molecular weight is 740 g/mol. The largest absolute Gasteiger partial charge is 0.309 e. The van der Waals surface area contributed by atoms with Gasteiger partial charge in [0.1, 0.15) is 0 Å². The first-order chi connectivity index (χ1) is 27.2. The van der Waals surface area contributed by atoms with Gasteiger partial charge >= 0.3 is 0 Å². The molecule has 2 aromatic heterocycles. The van der Waals surface area contributed by atoms with E-state index in [9.17, 15) is 0 Å². The smallest absolute Gasteiger partial charge is 0.160 e. The topological polar surface area (TPSA) is 30.7 Å². The summed E-state index contributed by atoms with van der Waals surface area (Å²) in [6.07, 6.45) is 7.88. The standard InChI is InChI=1S/C50H33N3S2/c1-3-13-34(14-4-1)41-30-42(35-15-5-2-6-16-35)52-50(51-41)37-18-11-17-36(28-37)32-22-25-38(26-23-32)53-43-27-24-33-12-7-8-19-39(33)49(43)40-29-47-48(31-44(40)53)55-46-21-10-9-20-45(46)54-47/h1-20,22-31,46H,21H2. The monoisotopic (exact) mass is 739 g/mol. The minimum atomic E-state index is 0.491. The number of benzene rings is 7. The van der Waals surface area contributed by atoms with E-state index < -0.39 is 0 Å². The normalized spacial score (nSPS) is 14.9. The van der Waals surface area contributed by atoms with Gasteiger partial charge in [0.2, 0.25) is 0 Å². The van der Waals surface area contributed by atoms with Crippen molar-refractivity contribution in [1.82, 2.24) is 14.5 Å². The van der Waals surface area contributed by atoms with Gasteiger partial charge in [0.25, 0.3) is 0 Å². The predicted octanol–water partition coefficient (Wildman–Crippen LogP) is 13.8. The van der Waals surface area contributed by atoms with E-state index in [-0.39, 0.29) is 0 Å². The zero-order valence-electron chi connectivity index (χ0n) is 29.8. The maximum Gasteiger partial charge on any atom is 0.160 e. The zero-order valence-corrected chi connectivity index (χ0v) is 31.4. The van der Waals surface area contributed by atoms with E-state index in [4.69, 9.17) is 9.97 Å². The molecular weight excluding hydrogens is 707 g/mol. The van der Waals surface area contributed by atoms with Gasteiger partial charge in [-0.15, -0.1) is 11.8 Å². The molecule has 1 aliphatic heterocycles. The molecule has 0 bridgehead atoms. The fourth-order valence-corrected chi connectivity index (χ4v) is 10.6. The highest BCUT2D eigenvalue weighted by molar-refractivity contribution is 8.08. The van der Waals surface area contributed by atoms with E-state index in [1.165, 1.54) is 47.3 Å². The van der Waals surface area contributed by atoms with E-state index in [1.807, 2.05) is 35.7 Å². The first-order valence-electron chi connectivity index (χ1n) is 18.7. The van der Waals surface area contributed by atoms with Crippen molar-refractivity contribution in [2.24, 2.45) is 0 Å². The summed E-state index contributed by atoms with van der Waals surface area (Å²) in [7, 11) is 0. The van der Waals surface area contributed by atoms with Crippen molar-refractivity contribution < 1.29 is 0 Å². The second kappa shape index (κ2) is 13.3. The number of rotatable bonds is 5. The molecule has 7 aromatic carbocycles. The lowest BCUT2D eigenvalue weighted by Crippen LogP contribution is -2.09. The lowest BCUT2D eigenvalue weighted by molar-refractivity contribution is 1.02. The van der Waals surface area contributed by atoms with Gasteiger partial charge < -0.3 is 4.57 Å². The minimum Gasteiger partial charge on any atom is -0.309 e. The Bertz CT molecular complexity index is 2940. The van der Waals surface area contributed by atoms with Crippen LogP contribution in [0.2, 0.25) is 0 Å². The molecular formula is C50H33N3S2.